The van der Waals surface area contributed by atoms with Crippen molar-refractivity contribution in [2.75, 3.05) is 27.2 Å². The molecule has 0 bridgehead atoms. The van der Waals surface area contributed by atoms with E-state index in [-0.39, 0.29) is 0 Å². The summed E-state index contributed by atoms with van der Waals surface area (Å²) in [5.41, 5.74) is 2.23. The molecular formula is C18H26N4O. The van der Waals surface area contributed by atoms with Gasteiger partial charge in [-0.05, 0) is 52.0 Å². The highest BCUT2D eigenvalue weighted by Crippen LogP contribution is 2.20. The molecule has 1 aliphatic heterocycles. The maximum absolute atomic E-state index is 5.28. The minimum Gasteiger partial charge on any atom is -0.497 e. The molecule has 0 amide bonds. The fourth-order valence-electron chi connectivity index (χ4n) is 3.08. The normalized spacial score (nSPS) is 18.0. The Bertz CT molecular complexity index is 631. The first-order valence-electron chi connectivity index (χ1n) is 8.29. The van der Waals surface area contributed by atoms with E-state index in [9.17, 15) is 0 Å². The molecule has 3 rings (SSSR count). The number of nitrogens with one attached hydrogen (secondary N) is 1. The molecule has 1 fully saturated rings. The van der Waals surface area contributed by atoms with Crippen molar-refractivity contribution in [3.05, 3.63) is 42.2 Å². The monoisotopic (exact) mass is 314 g/mol. The molecule has 0 unspecified atom stereocenters. The van der Waals surface area contributed by atoms with Crippen molar-refractivity contribution in [3.8, 4) is 11.4 Å². The van der Waals surface area contributed by atoms with E-state index in [1.54, 1.807) is 7.11 Å². The Morgan fingerprint density at radius 2 is 2.09 bits per heavy atom. The SMILES string of the molecule is COc1cccc(-n2cc([C@@H](C)NC3CCN(C)CC3)cn2)c1. The Labute approximate surface area is 138 Å². The largest absolute Gasteiger partial charge is 0.497 e. The van der Waals surface area contributed by atoms with Crippen LogP contribution in [0.25, 0.3) is 5.69 Å². The molecule has 1 aliphatic rings. The minimum absolute atomic E-state index is 0.308. The lowest BCUT2D eigenvalue weighted by molar-refractivity contribution is 0.226. The lowest BCUT2D eigenvalue weighted by Gasteiger charge is -2.31. The van der Waals surface area contributed by atoms with Crippen LogP contribution in [0, 0.1) is 0 Å². The van der Waals surface area contributed by atoms with E-state index in [1.165, 1.54) is 31.5 Å². The van der Waals surface area contributed by atoms with E-state index in [0.29, 0.717) is 12.1 Å². The molecule has 5 nitrogen and oxygen atoms in total. The number of likely N-dealkylation sites (tertiary alicyclic amines) is 1. The van der Waals surface area contributed by atoms with Gasteiger partial charge in [-0.3, -0.25) is 0 Å². The van der Waals surface area contributed by atoms with Crippen LogP contribution in [0.2, 0.25) is 0 Å². The van der Waals surface area contributed by atoms with Crippen LogP contribution in [0.5, 0.6) is 5.75 Å². The van der Waals surface area contributed by atoms with Crippen LogP contribution in [0.4, 0.5) is 0 Å². The number of rotatable bonds is 5. The van der Waals surface area contributed by atoms with Crippen LogP contribution in [0.15, 0.2) is 36.7 Å². The van der Waals surface area contributed by atoms with E-state index < -0.39 is 0 Å². The number of ether oxygens (including phenoxy) is 1. The zero-order valence-electron chi connectivity index (χ0n) is 14.2. The van der Waals surface area contributed by atoms with Gasteiger partial charge in [0, 0.05) is 29.9 Å². The molecule has 0 radical (unpaired) electrons. The topological polar surface area (TPSA) is 42.3 Å². The van der Waals surface area contributed by atoms with Crippen molar-refractivity contribution in [2.45, 2.75) is 31.8 Å². The third-order valence-electron chi connectivity index (χ3n) is 4.62. The molecule has 2 heterocycles. The molecule has 124 valence electrons. The van der Waals surface area contributed by atoms with Crippen molar-refractivity contribution in [3.63, 3.8) is 0 Å². The molecule has 0 aliphatic carbocycles. The minimum atomic E-state index is 0.308. The van der Waals surface area contributed by atoms with Gasteiger partial charge in [0.1, 0.15) is 5.75 Å². The predicted octanol–water partition coefficient (Wildman–Crippen LogP) is 2.63. The highest BCUT2D eigenvalue weighted by Gasteiger charge is 2.19. The van der Waals surface area contributed by atoms with E-state index in [4.69, 9.17) is 4.74 Å². The van der Waals surface area contributed by atoms with Crippen LogP contribution < -0.4 is 10.1 Å². The standard InChI is InChI=1S/C18H26N4O/c1-14(20-16-7-9-21(2)10-8-16)15-12-19-22(13-15)17-5-4-6-18(11-17)23-3/h4-6,11-14,16,20H,7-10H2,1-3H3/t14-/m1/s1. The maximum Gasteiger partial charge on any atom is 0.121 e. The van der Waals surface area contributed by atoms with Gasteiger partial charge in [-0.15, -0.1) is 0 Å². The predicted molar refractivity (Wildman–Crippen MR) is 92.2 cm³/mol. The molecular weight excluding hydrogens is 288 g/mol. The Balaban J connectivity index is 1.66. The molecule has 2 aromatic rings. The van der Waals surface area contributed by atoms with Gasteiger partial charge in [0.15, 0.2) is 0 Å². The third-order valence-corrected chi connectivity index (χ3v) is 4.62. The fraction of sp³-hybridized carbons (Fsp3) is 0.500. The summed E-state index contributed by atoms with van der Waals surface area (Å²) in [6.45, 7) is 4.56. The van der Waals surface area contributed by atoms with Gasteiger partial charge in [0.25, 0.3) is 0 Å². The van der Waals surface area contributed by atoms with E-state index in [1.807, 2.05) is 35.1 Å². The number of nitrogens with zero attached hydrogens (tertiary/aromatic N) is 3. The smallest absolute Gasteiger partial charge is 0.121 e. The van der Waals surface area contributed by atoms with Crippen LogP contribution in [0.3, 0.4) is 0 Å². The summed E-state index contributed by atoms with van der Waals surface area (Å²) in [4.78, 5) is 2.39. The zero-order valence-corrected chi connectivity index (χ0v) is 14.2. The zero-order chi connectivity index (χ0) is 16.2. The Morgan fingerprint density at radius 3 is 2.83 bits per heavy atom. The molecule has 1 atom stereocenters. The van der Waals surface area contributed by atoms with Gasteiger partial charge >= 0.3 is 0 Å². The van der Waals surface area contributed by atoms with Gasteiger partial charge < -0.3 is 15.0 Å². The Morgan fingerprint density at radius 1 is 1.30 bits per heavy atom. The van der Waals surface area contributed by atoms with Crippen molar-refractivity contribution in [1.82, 2.24) is 20.0 Å². The Hall–Kier alpha value is -1.85. The summed E-state index contributed by atoms with van der Waals surface area (Å²) in [6, 6.07) is 8.86. The van der Waals surface area contributed by atoms with E-state index in [0.717, 1.165) is 11.4 Å². The van der Waals surface area contributed by atoms with Crippen molar-refractivity contribution in [2.24, 2.45) is 0 Å². The van der Waals surface area contributed by atoms with Gasteiger partial charge in [-0.2, -0.15) is 5.10 Å². The molecule has 0 spiro atoms. The summed E-state index contributed by atoms with van der Waals surface area (Å²) < 4.78 is 7.19. The molecule has 5 heteroatoms. The average molecular weight is 314 g/mol. The average Bonchev–Trinajstić information content (AvgIpc) is 3.07. The van der Waals surface area contributed by atoms with Gasteiger partial charge in [0.2, 0.25) is 0 Å². The number of benzene rings is 1. The second kappa shape index (κ2) is 7.15. The van der Waals surface area contributed by atoms with Crippen LogP contribution >= 0.6 is 0 Å². The number of methoxy groups -OCH3 is 1. The van der Waals surface area contributed by atoms with Crippen LogP contribution in [-0.4, -0.2) is 48.0 Å². The highest BCUT2D eigenvalue weighted by atomic mass is 16.5. The Kier molecular flexibility index (Phi) is 4.98. The third kappa shape index (κ3) is 3.92. The van der Waals surface area contributed by atoms with Gasteiger partial charge in [-0.1, -0.05) is 6.07 Å². The lowest BCUT2D eigenvalue weighted by atomic mass is 10.0. The highest BCUT2D eigenvalue weighted by molar-refractivity contribution is 5.39. The number of piperidine rings is 1. The van der Waals surface area contributed by atoms with Crippen molar-refractivity contribution >= 4 is 0 Å². The van der Waals surface area contributed by atoms with Gasteiger partial charge in [-0.25, -0.2) is 4.68 Å². The van der Waals surface area contributed by atoms with Crippen LogP contribution in [-0.2, 0) is 0 Å². The van der Waals surface area contributed by atoms with E-state index >= 15 is 0 Å². The molecule has 1 aromatic carbocycles. The first-order valence-corrected chi connectivity index (χ1v) is 8.29. The summed E-state index contributed by atoms with van der Waals surface area (Å²) in [5.74, 6) is 0.844. The van der Waals surface area contributed by atoms with Crippen LogP contribution in [0.1, 0.15) is 31.4 Å². The quantitative estimate of drug-likeness (QED) is 0.921. The molecule has 1 aromatic heterocycles. The summed E-state index contributed by atoms with van der Waals surface area (Å²) in [7, 11) is 3.87. The molecule has 1 N–H and O–H groups in total. The molecule has 0 saturated carbocycles. The first-order chi connectivity index (χ1) is 11.2. The van der Waals surface area contributed by atoms with E-state index in [2.05, 4.69) is 35.5 Å². The number of hydrogen-bond acceptors (Lipinski definition) is 4. The maximum atomic E-state index is 5.28. The lowest BCUT2D eigenvalue weighted by Crippen LogP contribution is -2.41. The second-order valence-electron chi connectivity index (χ2n) is 6.39. The fourth-order valence-corrected chi connectivity index (χ4v) is 3.08. The molecule has 1 saturated heterocycles. The molecule has 23 heavy (non-hydrogen) atoms. The first kappa shape index (κ1) is 16.0. The summed E-state index contributed by atoms with van der Waals surface area (Å²) in [6.07, 6.45) is 6.48. The summed E-state index contributed by atoms with van der Waals surface area (Å²) in [5, 5.41) is 8.24. The van der Waals surface area contributed by atoms with Gasteiger partial charge in [0.05, 0.1) is 19.0 Å². The number of aromatic nitrogens is 2. The van der Waals surface area contributed by atoms with Crippen molar-refractivity contribution in [1.29, 1.82) is 0 Å². The van der Waals surface area contributed by atoms with Crippen molar-refractivity contribution < 1.29 is 4.74 Å². The second-order valence-corrected chi connectivity index (χ2v) is 6.39. The number of hydrogen-bond donors (Lipinski definition) is 1. The summed E-state index contributed by atoms with van der Waals surface area (Å²) >= 11 is 0.